The minimum Gasteiger partial charge on any atom is -0.396 e. The third-order valence-corrected chi connectivity index (χ3v) is 3.65. The number of hydrogen-bond acceptors (Lipinski definition) is 4. The van der Waals surface area contributed by atoms with Crippen molar-refractivity contribution in [2.24, 2.45) is 0 Å². The highest BCUT2D eigenvalue weighted by atomic mass is 19.1. The SMILES string of the molecule is OCCCNc1cnc(-c2cccc(-c3ccccc3)c2F)cn1. The van der Waals surface area contributed by atoms with E-state index in [1.54, 1.807) is 24.5 Å². The summed E-state index contributed by atoms with van der Waals surface area (Å²) >= 11 is 0. The van der Waals surface area contributed by atoms with E-state index in [0.29, 0.717) is 35.6 Å². The number of nitrogens with zero attached hydrogens (tertiary/aromatic N) is 2. The number of aliphatic hydroxyl groups excluding tert-OH is 1. The first-order valence-corrected chi connectivity index (χ1v) is 7.80. The van der Waals surface area contributed by atoms with Crippen molar-refractivity contribution < 1.29 is 9.50 Å². The Morgan fingerprint density at radius 2 is 1.71 bits per heavy atom. The molecule has 3 aromatic rings. The largest absolute Gasteiger partial charge is 0.396 e. The summed E-state index contributed by atoms with van der Waals surface area (Å²) in [5.41, 5.74) is 2.27. The van der Waals surface area contributed by atoms with Gasteiger partial charge in [0, 0.05) is 24.3 Å². The molecule has 0 unspecified atom stereocenters. The smallest absolute Gasteiger partial charge is 0.144 e. The van der Waals surface area contributed by atoms with E-state index in [9.17, 15) is 4.39 Å². The fraction of sp³-hybridized carbons (Fsp3) is 0.158. The van der Waals surface area contributed by atoms with Gasteiger partial charge in [0.25, 0.3) is 0 Å². The molecule has 0 bridgehead atoms. The van der Waals surface area contributed by atoms with Gasteiger partial charge in [0.05, 0.1) is 18.1 Å². The van der Waals surface area contributed by atoms with Crippen LogP contribution in [-0.4, -0.2) is 28.2 Å². The third-order valence-electron chi connectivity index (χ3n) is 3.65. The molecule has 4 nitrogen and oxygen atoms in total. The van der Waals surface area contributed by atoms with Crippen LogP contribution in [0.3, 0.4) is 0 Å². The van der Waals surface area contributed by atoms with E-state index >= 15 is 0 Å². The molecule has 0 atom stereocenters. The summed E-state index contributed by atoms with van der Waals surface area (Å²) in [7, 11) is 0. The fourth-order valence-electron chi connectivity index (χ4n) is 2.42. The van der Waals surface area contributed by atoms with Crippen LogP contribution in [0.1, 0.15) is 6.42 Å². The Morgan fingerprint density at radius 1 is 0.917 bits per heavy atom. The van der Waals surface area contributed by atoms with Gasteiger partial charge in [-0.05, 0) is 18.1 Å². The fourth-order valence-corrected chi connectivity index (χ4v) is 2.42. The Kier molecular flexibility index (Phi) is 5.13. The molecule has 1 heterocycles. The second kappa shape index (κ2) is 7.66. The van der Waals surface area contributed by atoms with Crippen LogP contribution in [0.25, 0.3) is 22.4 Å². The van der Waals surface area contributed by atoms with Gasteiger partial charge in [-0.15, -0.1) is 0 Å². The maximum absolute atomic E-state index is 14.9. The molecule has 0 spiro atoms. The molecule has 0 aliphatic heterocycles. The summed E-state index contributed by atoms with van der Waals surface area (Å²) < 4.78 is 14.9. The number of hydrogen-bond donors (Lipinski definition) is 2. The van der Waals surface area contributed by atoms with Gasteiger partial charge in [0.2, 0.25) is 0 Å². The van der Waals surface area contributed by atoms with Gasteiger partial charge < -0.3 is 10.4 Å². The molecule has 122 valence electrons. The zero-order valence-corrected chi connectivity index (χ0v) is 13.1. The van der Waals surface area contributed by atoms with Gasteiger partial charge in [-0.2, -0.15) is 0 Å². The Bertz CT molecular complexity index is 791. The molecule has 1 aromatic heterocycles. The molecule has 0 aliphatic rings. The summed E-state index contributed by atoms with van der Waals surface area (Å²) in [4.78, 5) is 8.54. The van der Waals surface area contributed by atoms with E-state index in [1.807, 2.05) is 36.4 Å². The average Bonchev–Trinajstić information content (AvgIpc) is 2.64. The molecule has 0 fully saturated rings. The lowest BCUT2D eigenvalue weighted by Crippen LogP contribution is -2.05. The number of halogens is 1. The zero-order chi connectivity index (χ0) is 16.8. The van der Waals surface area contributed by atoms with Crippen LogP contribution in [-0.2, 0) is 0 Å². The van der Waals surface area contributed by atoms with Crippen molar-refractivity contribution in [2.45, 2.75) is 6.42 Å². The van der Waals surface area contributed by atoms with Crippen molar-refractivity contribution in [3.8, 4) is 22.4 Å². The summed E-state index contributed by atoms with van der Waals surface area (Å²) in [5, 5.41) is 11.8. The predicted molar refractivity (Wildman–Crippen MR) is 93.1 cm³/mol. The highest BCUT2D eigenvalue weighted by Crippen LogP contribution is 2.29. The molecule has 0 aliphatic carbocycles. The predicted octanol–water partition coefficient (Wildman–Crippen LogP) is 3.74. The molecule has 0 amide bonds. The standard InChI is InChI=1S/C19H18FN3O/c20-19-15(14-6-2-1-3-7-14)8-4-9-16(19)17-12-23-18(13-22-17)21-10-5-11-24/h1-4,6-9,12-13,24H,5,10-11H2,(H,21,23). The lowest BCUT2D eigenvalue weighted by Gasteiger charge is -2.09. The van der Waals surface area contributed by atoms with Crippen molar-refractivity contribution in [3.63, 3.8) is 0 Å². The van der Waals surface area contributed by atoms with E-state index in [0.717, 1.165) is 5.56 Å². The van der Waals surface area contributed by atoms with E-state index < -0.39 is 0 Å². The molecule has 0 saturated carbocycles. The third kappa shape index (κ3) is 3.58. The number of aromatic nitrogens is 2. The van der Waals surface area contributed by atoms with Crippen LogP contribution < -0.4 is 5.32 Å². The Labute approximate surface area is 140 Å². The number of rotatable bonds is 6. The molecular weight excluding hydrogens is 305 g/mol. The summed E-state index contributed by atoms with van der Waals surface area (Å²) in [5.74, 6) is 0.297. The molecule has 2 aromatic carbocycles. The normalized spacial score (nSPS) is 10.6. The van der Waals surface area contributed by atoms with Gasteiger partial charge in [0.1, 0.15) is 11.6 Å². The van der Waals surface area contributed by atoms with Crippen molar-refractivity contribution in [1.29, 1.82) is 0 Å². The number of nitrogens with one attached hydrogen (secondary N) is 1. The second-order valence-corrected chi connectivity index (χ2v) is 5.32. The zero-order valence-electron chi connectivity index (χ0n) is 13.1. The monoisotopic (exact) mass is 323 g/mol. The van der Waals surface area contributed by atoms with Crippen LogP contribution in [0.2, 0.25) is 0 Å². The highest BCUT2D eigenvalue weighted by Gasteiger charge is 2.12. The van der Waals surface area contributed by atoms with Crippen LogP contribution in [0.4, 0.5) is 10.2 Å². The van der Waals surface area contributed by atoms with Gasteiger partial charge >= 0.3 is 0 Å². The first kappa shape index (κ1) is 16.1. The maximum Gasteiger partial charge on any atom is 0.144 e. The Hall–Kier alpha value is -2.79. The van der Waals surface area contributed by atoms with Crippen LogP contribution in [0.15, 0.2) is 60.9 Å². The maximum atomic E-state index is 14.9. The molecule has 3 rings (SSSR count). The van der Waals surface area contributed by atoms with Gasteiger partial charge in [-0.3, -0.25) is 4.98 Å². The molecule has 5 heteroatoms. The van der Waals surface area contributed by atoms with Crippen molar-refractivity contribution in [1.82, 2.24) is 9.97 Å². The van der Waals surface area contributed by atoms with E-state index in [4.69, 9.17) is 5.11 Å². The van der Waals surface area contributed by atoms with Crippen LogP contribution in [0.5, 0.6) is 0 Å². The first-order chi connectivity index (χ1) is 11.8. The average molecular weight is 323 g/mol. The second-order valence-electron chi connectivity index (χ2n) is 5.32. The number of benzene rings is 2. The van der Waals surface area contributed by atoms with Gasteiger partial charge in [-0.1, -0.05) is 42.5 Å². The van der Waals surface area contributed by atoms with Crippen molar-refractivity contribution >= 4 is 5.82 Å². The summed E-state index contributed by atoms with van der Waals surface area (Å²) in [6.07, 6.45) is 3.76. The lowest BCUT2D eigenvalue weighted by molar-refractivity contribution is 0.292. The minimum absolute atomic E-state index is 0.121. The minimum atomic E-state index is -0.306. The molecule has 2 N–H and O–H groups in total. The lowest BCUT2D eigenvalue weighted by atomic mass is 10.0. The molecule has 0 saturated heterocycles. The number of aliphatic hydroxyl groups is 1. The molecule has 24 heavy (non-hydrogen) atoms. The van der Waals surface area contributed by atoms with Crippen LogP contribution >= 0.6 is 0 Å². The topological polar surface area (TPSA) is 58.0 Å². The number of anilines is 1. The van der Waals surface area contributed by atoms with Gasteiger partial charge in [0.15, 0.2) is 0 Å². The summed E-state index contributed by atoms with van der Waals surface area (Å²) in [6, 6.07) is 14.7. The highest BCUT2D eigenvalue weighted by molar-refractivity contribution is 5.72. The van der Waals surface area contributed by atoms with E-state index in [1.165, 1.54) is 0 Å². The van der Waals surface area contributed by atoms with E-state index in [-0.39, 0.29) is 12.4 Å². The van der Waals surface area contributed by atoms with Crippen molar-refractivity contribution in [3.05, 3.63) is 66.7 Å². The Balaban J connectivity index is 1.87. The summed E-state index contributed by atoms with van der Waals surface area (Å²) in [6.45, 7) is 0.735. The molecular formula is C19H18FN3O. The quantitative estimate of drug-likeness (QED) is 0.678. The first-order valence-electron chi connectivity index (χ1n) is 7.80. The van der Waals surface area contributed by atoms with Crippen molar-refractivity contribution in [2.75, 3.05) is 18.5 Å². The van der Waals surface area contributed by atoms with Crippen LogP contribution in [0, 0.1) is 5.82 Å². The van der Waals surface area contributed by atoms with E-state index in [2.05, 4.69) is 15.3 Å². The molecule has 0 radical (unpaired) electrons. The Morgan fingerprint density at radius 3 is 2.42 bits per heavy atom. The van der Waals surface area contributed by atoms with Gasteiger partial charge in [-0.25, -0.2) is 9.37 Å².